The predicted molar refractivity (Wildman–Crippen MR) is 88.9 cm³/mol. The van der Waals surface area contributed by atoms with Crippen LogP contribution in [0.2, 0.25) is 0 Å². The largest absolute Gasteiger partial charge is 0.357 e. The van der Waals surface area contributed by atoms with Crippen molar-refractivity contribution < 1.29 is 0 Å². The van der Waals surface area contributed by atoms with E-state index in [4.69, 9.17) is 4.99 Å². The van der Waals surface area contributed by atoms with Gasteiger partial charge in [-0.1, -0.05) is 24.3 Å². The van der Waals surface area contributed by atoms with E-state index in [-0.39, 0.29) is 0 Å². The Bertz CT molecular complexity index is 489. The number of aryl methyl sites for hydroxylation is 1. The van der Waals surface area contributed by atoms with Crippen molar-refractivity contribution in [2.24, 2.45) is 4.99 Å². The summed E-state index contributed by atoms with van der Waals surface area (Å²) in [7, 11) is 0. The van der Waals surface area contributed by atoms with Crippen LogP contribution in [0.1, 0.15) is 49.7 Å². The second-order valence-electron chi connectivity index (χ2n) is 6.18. The molecule has 1 heterocycles. The first kappa shape index (κ1) is 14.4. The number of nitrogens with one attached hydrogen (secondary N) is 1. The molecule has 1 aliphatic carbocycles. The zero-order chi connectivity index (χ0) is 14.5. The third kappa shape index (κ3) is 3.39. The highest BCUT2D eigenvalue weighted by atomic mass is 15.3. The molecule has 1 N–H and O–H groups in total. The van der Waals surface area contributed by atoms with E-state index >= 15 is 0 Å². The Kier molecular flexibility index (Phi) is 4.79. The maximum absolute atomic E-state index is 4.95. The molecule has 3 rings (SSSR count). The minimum atomic E-state index is 0.603. The summed E-state index contributed by atoms with van der Waals surface area (Å²) in [6, 6.07) is 8.93. The maximum atomic E-state index is 4.95. The third-order valence-corrected chi connectivity index (χ3v) is 4.70. The fourth-order valence-corrected chi connectivity index (χ4v) is 3.60. The predicted octanol–water partition coefficient (Wildman–Crippen LogP) is 3.17. The Balaban J connectivity index is 1.71. The van der Waals surface area contributed by atoms with Gasteiger partial charge in [0.05, 0.1) is 0 Å². The Morgan fingerprint density at radius 3 is 2.86 bits per heavy atom. The van der Waals surface area contributed by atoms with Crippen molar-refractivity contribution in [3.05, 3.63) is 35.4 Å². The molecular weight excluding hydrogens is 258 g/mol. The number of benzene rings is 1. The van der Waals surface area contributed by atoms with Crippen molar-refractivity contribution in [2.75, 3.05) is 26.2 Å². The monoisotopic (exact) mass is 285 g/mol. The van der Waals surface area contributed by atoms with Gasteiger partial charge >= 0.3 is 0 Å². The molecule has 0 saturated carbocycles. The second kappa shape index (κ2) is 6.97. The van der Waals surface area contributed by atoms with E-state index in [2.05, 4.69) is 41.4 Å². The molecule has 0 radical (unpaired) electrons. The minimum Gasteiger partial charge on any atom is -0.357 e. The molecule has 3 heteroatoms. The van der Waals surface area contributed by atoms with Gasteiger partial charge in [0, 0.05) is 32.1 Å². The normalized spacial score (nSPS) is 22.2. The Labute approximate surface area is 128 Å². The molecule has 1 unspecified atom stereocenters. The van der Waals surface area contributed by atoms with Gasteiger partial charge in [-0.2, -0.15) is 0 Å². The van der Waals surface area contributed by atoms with Crippen LogP contribution >= 0.6 is 0 Å². The highest BCUT2D eigenvalue weighted by molar-refractivity contribution is 5.80. The van der Waals surface area contributed by atoms with Gasteiger partial charge < -0.3 is 10.2 Å². The number of hydrogen-bond acceptors (Lipinski definition) is 1. The van der Waals surface area contributed by atoms with Crippen LogP contribution in [-0.2, 0) is 6.42 Å². The average Bonchev–Trinajstić information content (AvgIpc) is 3.05. The molecule has 3 nitrogen and oxygen atoms in total. The van der Waals surface area contributed by atoms with Crippen LogP contribution in [0.4, 0.5) is 0 Å². The number of nitrogens with zero attached hydrogens (tertiary/aromatic N) is 2. The van der Waals surface area contributed by atoms with E-state index in [9.17, 15) is 0 Å². The molecule has 1 aromatic rings. The molecule has 0 spiro atoms. The molecule has 1 aliphatic heterocycles. The molecule has 1 saturated heterocycles. The first-order valence-electron chi connectivity index (χ1n) is 8.49. The summed E-state index contributed by atoms with van der Waals surface area (Å²) in [4.78, 5) is 7.36. The van der Waals surface area contributed by atoms with Crippen LogP contribution in [-0.4, -0.2) is 37.0 Å². The molecule has 21 heavy (non-hydrogen) atoms. The fraction of sp³-hybridized carbons (Fsp3) is 0.611. The third-order valence-electron chi connectivity index (χ3n) is 4.70. The van der Waals surface area contributed by atoms with Crippen molar-refractivity contribution in [1.82, 2.24) is 10.2 Å². The number of fused-ring (bicyclic) bond motifs is 1. The van der Waals surface area contributed by atoms with Gasteiger partial charge in [-0.3, -0.25) is 4.99 Å². The van der Waals surface area contributed by atoms with E-state index in [1.54, 1.807) is 0 Å². The summed E-state index contributed by atoms with van der Waals surface area (Å²) in [6.07, 6.45) is 6.42. The zero-order valence-electron chi connectivity index (χ0n) is 13.1. The van der Waals surface area contributed by atoms with E-state index in [0.29, 0.717) is 5.92 Å². The molecule has 1 aromatic carbocycles. The van der Waals surface area contributed by atoms with Gasteiger partial charge in [-0.05, 0) is 50.2 Å². The molecule has 1 fully saturated rings. The lowest BCUT2D eigenvalue weighted by Crippen LogP contribution is -2.39. The number of guanidine groups is 1. The SMILES string of the molecule is CCNC(=NCC1CCCc2ccccc21)N1CCCC1. The Morgan fingerprint density at radius 2 is 2.05 bits per heavy atom. The summed E-state index contributed by atoms with van der Waals surface area (Å²) in [5.41, 5.74) is 3.07. The fourth-order valence-electron chi connectivity index (χ4n) is 3.60. The summed E-state index contributed by atoms with van der Waals surface area (Å²) in [6.45, 7) is 6.36. The molecule has 0 aromatic heterocycles. The van der Waals surface area contributed by atoms with Gasteiger partial charge in [0.25, 0.3) is 0 Å². The number of rotatable bonds is 3. The maximum Gasteiger partial charge on any atom is 0.193 e. The van der Waals surface area contributed by atoms with Crippen LogP contribution in [0.25, 0.3) is 0 Å². The molecule has 1 atom stereocenters. The zero-order valence-corrected chi connectivity index (χ0v) is 13.1. The topological polar surface area (TPSA) is 27.6 Å². The molecule has 2 aliphatic rings. The standard InChI is InChI=1S/C18H27N3/c1-2-19-18(21-12-5-6-13-21)20-14-16-10-7-9-15-8-3-4-11-17(15)16/h3-4,8,11,16H,2,5-7,9-10,12-14H2,1H3,(H,19,20). The van der Waals surface area contributed by atoms with Crippen LogP contribution in [0.3, 0.4) is 0 Å². The molecular formula is C18H27N3. The van der Waals surface area contributed by atoms with Gasteiger partial charge in [-0.15, -0.1) is 0 Å². The summed E-state index contributed by atoms with van der Waals surface area (Å²) >= 11 is 0. The summed E-state index contributed by atoms with van der Waals surface area (Å²) in [5.74, 6) is 1.73. The quantitative estimate of drug-likeness (QED) is 0.682. The summed E-state index contributed by atoms with van der Waals surface area (Å²) in [5, 5.41) is 3.46. The number of hydrogen-bond donors (Lipinski definition) is 1. The van der Waals surface area contributed by atoms with E-state index in [1.165, 1.54) is 43.2 Å². The van der Waals surface area contributed by atoms with Gasteiger partial charge in [0.1, 0.15) is 0 Å². The molecule has 114 valence electrons. The minimum absolute atomic E-state index is 0.603. The lowest BCUT2D eigenvalue weighted by atomic mass is 9.83. The Morgan fingerprint density at radius 1 is 1.24 bits per heavy atom. The van der Waals surface area contributed by atoms with Crippen molar-refractivity contribution >= 4 is 5.96 Å². The van der Waals surface area contributed by atoms with E-state index in [0.717, 1.165) is 32.1 Å². The van der Waals surface area contributed by atoms with Crippen LogP contribution in [0.15, 0.2) is 29.3 Å². The van der Waals surface area contributed by atoms with Crippen molar-refractivity contribution in [1.29, 1.82) is 0 Å². The van der Waals surface area contributed by atoms with Crippen molar-refractivity contribution in [3.8, 4) is 0 Å². The number of aliphatic imine (C=N–C) groups is 1. The lowest BCUT2D eigenvalue weighted by Gasteiger charge is -2.26. The first-order chi connectivity index (χ1) is 10.4. The van der Waals surface area contributed by atoms with Crippen molar-refractivity contribution in [2.45, 2.75) is 44.9 Å². The van der Waals surface area contributed by atoms with Crippen LogP contribution in [0.5, 0.6) is 0 Å². The van der Waals surface area contributed by atoms with Crippen molar-refractivity contribution in [3.63, 3.8) is 0 Å². The van der Waals surface area contributed by atoms with Gasteiger partial charge in [0.15, 0.2) is 5.96 Å². The average molecular weight is 285 g/mol. The van der Waals surface area contributed by atoms with E-state index in [1.807, 2.05) is 0 Å². The molecule has 0 amide bonds. The highest BCUT2D eigenvalue weighted by Gasteiger charge is 2.21. The van der Waals surface area contributed by atoms with Crippen LogP contribution < -0.4 is 5.32 Å². The highest BCUT2D eigenvalue weighted by Crippen LogP contribution is 2.31. The Hall–Kier alpha value is -1.51. The van der Waals surface area contributed by atoms with E-state index < -0.39 is 0 Å². The lowest BCUT2D eigenvalue weighted by molar-refractivity contribution is 0.487. The van der Waals surface area contributed by atoms with Crippen LogP contribution in [0, 0.1) is 0 Å². The van der Waals surface area contributed by atoms with Gasteiger partial charge in [0.2, 0.25) is 0 Å². The number of likely N-dealkylation sites (tertiary alicyclic amines) is 1. The smallest absolute Gasteiger partial charge is 0.193 e. The van der Waals surface area contributed by atoms with Gasteiger partial charge in [-0.25, -0.2) is 0 Å². The summed E-state index contributed by atoms with van der Waals surface area (Å²) < 4.78 is 0. The second-order valence-corrected chi connectivity index (χ2v) is 6.18. The molecule has 0 bridgehead atoms. The first-order valence-corrected chi connectivity index (χ1v) is 8.49.